The fraction of sp³-hybridized carbons (Fsp3) is 0.333. The quantitative estimate of drug-likeness (QED) is 0.567. The lowest BCUT2D eigenvalue weighted by atomic mass is 9.87. The van der Waals surface area contributed by atoms with Crippen molar-refractivity contribution < 1.29 is 22.1 Å². The van der Waals surface area contributed by atoms with E-state index in [-0.39, 0.29) is 17.0 Å². The van der Waals surface area contributed by atoms with Gasteiger partial charge in [0.15, 0.2) is 0 Å². The molecular formula is C21H22ClNO5S. The third-order valence-corrected chi connectivity index (χ3v) is 6.62. The molecule has 154 valence electrons. The fourth-order valence-corrected chi connectivity index (χ4v) is 4.62. The summed E-state index contributed by atoms with van der Waals surface area (Å²) in [7, 11) is -4.23. The van der Waals surface area contributed by atoms with E-state index in [1.165, 1.54) is 6.07 Å². The highest BCUT2D eigenvalue weighted by molar-refractivity contribution is 7.85. The van der Waals surface area contributed by atoms with Crippen LogP contribution in [0, 0.1) is 6.92 Å². The SMILES string of the molecule is Cc1ccc(S(=O)(=O)O)cc1C1CCNC(OCc2ccc(Cl)c3ccoc23)C1. The molecule has 0 amide bonds. The van der Waals surface area contributed by atoms with E-state index in [1.807, 2.05) is 25.1 Å². The molecule has 29 heavy (non-hydrogen) atoms. The van der Waals surface area contributed by atoms with Crippen molar-refractivity contribution in [1.29, 1.82) is 0 Å². The Hall–Kier alpha value is -1.90. The number of fused-ring (bicyclic) bond motifs is 1. The van der Waals surface area contributed by atoms with Crippen LogP contribution in [0.25, 0.3) is 11.0 Å². The molecule has 2 N–H and O–H groups in total. The number of furan rings is 1. The predicted molar refractivity (Wildman–Crippen MR) is 111 cm³/mol. The largest absolute Gasteiger partial charge is 0.464 e. The van der Waals surface area contributed by atoms with Crippen molar-refractivity contribution >= 4 is 32.7 Å². The molecule has 1 aliphatic rings. The van der Waals surface area contributed by atoms with Crippen molar-refractivity contribution in [3.05, 3.63) is 64.4 Å². The molecule has 1 aromatic heterocycles. The molecule has 2 atom stereocenters. The van der Waals surface area contributed by atoms with Gasteiger partial charge in [-0.05, 0) is 67.6 Å². The second-order valence-electron chi connectivity index (χ2n) is 7.34. The van der Waals surface area contributed by atoms with Gasteiger partial charge in [-0.1, -0.05) is 23.7 Å². The summed E-state index contributed by atoms with van der Waals surface area (Å²) in [6, 6.07) is 10.3. The van der Waals surface area contributed by atoms with E-state index in [0.29, 0.717) is 18.1 Å². The molecule has 2 heterocycles. The van der Waals surface area contributed by atoms with Crippen molar-refractivity contribution in [2.45, 2.75) is 43.4 Å². The van der Waals surface area contributed by atoms with Crippen LogP contribution >= 0.6 is 11.6 Å². The zero-order valence-corrected chi connectivity index (χ0v) is 17.5. The Morgan fingerprint density at radius 2 is 2.10 bits per heavy atom. The summed E-state index contributed by atoms with van der Waals surface area (Å²) in [6.45, 7) is 3.07. The van der Waals surface area contributed by atoms with Gasteiger partial charge >= 0.3 is 0 Å². The molecule has 3 aromatic rings. The average Bonchev–Trinajstić information content (AvgIpc) is 3.18. The lowest BCUT2D eigenvalue weighted by molar-refractivity contribution is -0.00386. The molecule has 6 nitrogen and oxygen atoms in total. The van der Waals surface area contributed by atoms with Gasteiger partial charge in [0.1, 0.15) is 11.8 Å². The van der Waals surface area contributed by atoms with Gasteiger partial charge < -0.3 is 9.15 Å². The first-order valence-corrected chi connectivity index (χ1v) is 11.2. The Bertz CT molecular complexity index is 1140. The van der Waals surface area contributed by atoms with E-state index < -0.39 is 10.1 Å². The van der Waals surface area contributed by atoms with Gasteiger partial charge in [-0.3, -0.25) is 9.87 Å². The highest BCUT2D eigenvalue weighted by atomic mass is 35.5. The molecule has 0 radical (unpaired) electrons. The van der Waals surface area contributed by atoms with Crippen LogP contribution in [0.2, 0.25) is 5.02 Å². The normalized spacial score (nSPS) is 20.2. The first-order chi connectivity index (χ1) is 13.8. The summed E-state index contributed by atoms with van der Waals surface area (Å²) in [5.41, 5.74) is 3.57. The maximum Gasteiger partial charge on any atom is 0.294 e. The van der Waals surface area contributed by atoms with Gasteiger partial charge in [0.25, 0.3) is 10.1 Å². The number of aryl methyl sites for hydroxylation is 1. The Balaban J connectivity index is 1.49. The number of hydrogen-bond donors (Lipinski definition) is 2. The lowest BCUT2D eigenvalue weighted by Gasteiger charge is -2.31. The zero-order valence-electron chi connectivity index (χ0n) is 15.9. The molecule has 1 fully saturated rings. The van der Waals surface area contributed by atoms with E-state index in [0.717, 1.165) is 40.6 Å². The third kappa shape index (κ3) is 4.34. The standard InChI is InChI=1S/C21H22ClNO5S/c1-13-2-4-16(29(24,25)26)11-18(13)14-6-8-23-20(10-14)28-12-15-3-5-19(22)17-7-9-27-21(15)17/h2-5,7,9,11,14,20,23H,6,8,10,12H2,1H3,(H,24,25,26). The maximum atomic E-state index is 11.5. The van der Waals surface area contributed by atoms with Crippen LogP contribution in [0.4, 0.5) is 0 Å². The minimum atomic E-state index is -4.23. The summed E-state index contributed by atoms with van der Waals surface area (Å²) < 4.78 is 44.0. The minimum absolute atomic E-state index is 0.0736. The molecule has 0 spiro atoms. The summed E-state index contributed by atoms with van der Waals surface area (Å²) >= 11 is 6.19. The Kier molecular flexibility index (Phi) is 5.68. The second kappa shape index (κ2) is 8.08. The number of nitrogens with one attached hydrogen (secondary N) is 1. The van der Waals surface area contributed by atoms with Crippen LogP contribution in [0.3, 0.4) is 0 Å². The summed E-state index contributed by atoms with van der Waals surface area (Å²) in [5, 5.41) is 4.86. The molecular weight excluding hydrogens is 414 g/mol. The monoisotopic (exact) mass is 435 g/mol. The summed E-state index contributed by atoms with van der Waals surface area (Å²) in [6.07, 6.45) is 2.99. The highest BCUT2D eigenvalue weighted by Crippen LogP contribution is 2.33. The number of ether oxygens (including phenoxy) is 1. The van der Waals surface area contributed by atoms with E-state index in [2.05, 4.69) is 5.32 Å². The molecule has 4 rings (SSSR count). The number of halogens is 1. The van der Waals surface area contributed by atoms with Crippen LogP contribution in [-0.4, -0.2) is 25.7 Å². The molecule has 2 unspecified atom stereocenters. The van der Waals surface area contributed by atoms with Crippen LogP contribution in [0.5, 0.6) is 0 Å². The highest BCUT2D eigenvalue weighted by Gasteiger charge is 2.26. The molecule has 8 heteroatoms. The van der Waals surface area contributed by atoms with Gasteiger partial charge in [0.2, 0.25) is 0 Å². The van der Waals surface area contributed by atoms with E-state index in [1.54, 1.807) is 18.4 Å². The van der Waals surface area contributed by atoms with Gasteiger partial charge in [-0.25, -0.2) is 0 Å². The van der Waals surface area contributed by atoms with Crippen molar-refractivity contribution in [3.8, 4) is 0 Å². The van der Waals surface area contributed by atoms with Gasteiger partial charge in [-0.15, -0.1) is 0 Å². The topological polar surface area (TPSA) is 88.8 Å². The molecule has 0 bridgehead atoms. The van der Waals surface area contributed by atoms with Gasteiger partial charge in [-0.2, -0.15) is 8.42 Å². The van der Waals surface area contributed by atoms with Crippen molar-refractivity contribution in [3.63, 3.8) is 0 Å². The smallest absolute Gasteiger partial charge is 0.294 e. The summed E-state index contributed by atoms with van der Waals surface area (Å²) in [5.74, 6) is 0.136. The fourth-order valence-electron chi connectivity index (χ4n) is 3.90. The van der Waals surface area contributed by atoms with E-state index >= 15 is 0 Å². The molecule has 0 saturated carbocycles. The molecule has 0 aliphatic carbocycles. The van der Waals surface area contributed by atoms with Crippen LogP contribution < -0.4 is 5.32 Å². The number of piperidine rings is 1. The van der Waals surface area contributed by atoms with Gasteiger partial charge in [0, 0.05) is 10.9 Å². The predicted octanol–water partition coefficient (Wildman–Crippen LogP) is 4.65. The van der Waals surface area contributed by atoms with Crippen molar-refractivity contribution in [1.82, 2.24) is 5.32 Å². The van der Waals surface area contributed by atoms with Gasteiger partial charge in [0.05, 0.1) is 22.8 Å². The van der Waals surface area contributed by atoms with E-state index in [9.17, 15) is 13.0 Å². The van der Waals surface area contributed by atoms with Crippen molar-refractivity contribution in [2.75, 3.05) is 6.54 Å². The van der Waals surface area contributed by atoms with Crippen LogP contribution in [-0.2, 0) is 21.5 Å². The number of benzene rings is 2. The Morgan fingerprint density at radius 1 is 1.28 bits per heavy atom. The lowest BCUT2D eigenvalue weighted by Crippen LogP contribution is -2.39. The number of rotatable bonds is 5. The van der Waals surface area contributed by atoms with E-state index in [4.69, 9.17) is 20.8 Å². The number of hydrogen-bond acceptors (Lipinski definition) is 5. The maximum absolute atomic E-state index is 11.5. The molecule has 1 aliphatic heterocycles. The molecule has 1 saturated heterocycles. The molecule has 2 aromatic carbocycles. The minimum Gasteiger partial charge on any atom is -0.464 e. The zero-order chi connectivity index (χ0) is 20.6. The van der Waals surface area contributed by atoms with Crippen LogP contribution in [0.1, 0.15) is 35.4 Å². The second-order valence-corrected chi connectivity index (χ2v) is 9.17. The first-order valence-electron chi connectivity index (χ1n) is 9.40. The first kappa shape index (κ1) is 20.4. The Morgan fingerprint density at radius 3 is 2.90 bits per heavy atom. The van der Waals surface area contributed by atoms with Crippen molar-refractivity contribution in [2.24, 2.45) is 0 Å². The third-order valence-electron chi connectivity index (χ3n) is 5.44. The van der Waals surface area contributed by atoms with Crippen LogP contribution in [0.15, 0.2) is 52.0 Å². The average molecular weight is 436 g/mol. The summed E-state index contributed by atoms with van der Waals surface area (Å²) in [4.78, 5) is -0.0736. The Labute approximate surface area is 174 Å².